The number of nitrogens with one attached hydrogen (secondary N) is 1. The smallest absolute Gasteiger partial charge is 0.208 e. The molecule has 1 aromatic carbocycles. The van der Waals surface area contributed by atoms with Crippen molar-refractivity contribution in [2.75, 3.05) is 5.88 Å². The van der Waals surface area contributed by atoms with E-state index in [4.69, 9.17) is 11.6 Å². The quantitative estimate of drug-likeness (QED) is 0.812. The molecule has 96 valence electrons. The van der Waals surface area contributed by atoms with Gasteiger partial charge in [-0.05, 0) is 31.9 Å². The van der Waals surface area contributed by atoms with Gasteiger partial charge in [-0.1, -0.05) is 24.6 Å². The Morgan fingerprint density at radius 2 is 1.88 bits per heavy atom. The van der Waals surface area contributed by atoms with Crippen LogP contribution in [0.1, 0.15) is 25.3 Å². The van der Waals surface area contributed by atoms with Crippen molar-refractivity contribution >= 4 is 21.6 Å². The Kier molecular flexibility index (Phi) is 5.43. The van der Waals surface area contributed by atoms with Crippen molar-refractivity contribution in [2.45, 2.75) is 37.6 Å². The third-order valence-corrected chi connectivity index (χ3v) is 4.36. The summed E-state index contributed by atoms with van der Waals surface area (Å²) in [5.41, 5.74) is 1.04. The fraction of sp³-hybridized carbons (Fsp3) is 0.500. The molecule has 0 bridgehead atoms. The number of hydrogen-bond acceptors (Lipinski definition) is 2. The number of alkyl halides is 1. The number of rotatable bonds is 6. The van der Waals surface area contributed by atoms with Gasteiger partial charge in [0.2, 0.25) is 10.0 Å². The van der Waals surface area contributed by atoms with Gasteiger partial charge in [0, 0.05) is 11.9 Å². The largest absolute Gasteiger partial charge is 0.240 e. The van der Waals surface area contributed by atoms with E-state index >= 15 is 0 Å². The van der Waals surface area contributed by atoms with Gasteiger partial charge in [-0.15, -0.1) is 11.6 Å². The summed E-state index contributed by atoms with van der Waals surface area (Å²) >= 11 is 5.64. The van der Waals surface area contributed by atoms with Crippen LogP contribution < -0.4 is 4.72 Å². The number of halogens is 1. The molecule has 1 atom stereocenters. The predicted molar refractivity (Wildman–Crippen MR) is 70.9 cm³/mol. The van der Waals surface area contributed by atoms with E-state index < -0.39 is 10.0 Å². The maximum Gasteiger partial charge on any atom is 0.240 e. The molecule has 0 saturated heterocycles. The molecule has 0 radical (unpaired) electrons. The second-order valence-corrected chi connectivity index (χ2v) is 6.11. The zero-order chi connectivity index (χ0) is 12.9. The minimum atomic E-state index is -3.42. The molecule has 1 N–H and O–H groups in total. The van der Waals surface area contributed by atoms with E-state index in [2.05, 4.69) is 4.72 Å². The van der Waals surface area contributed by atoms with Gasteiger partial charge in [-0.2, -0.15) is 0 Å². The highest BCUT2D eigenvalue weighted by atomic mass is 35.5. The van der Waals surface area contributed by atoms with Gasteiger partial charge in [0.25, 0.3) is 0 Å². The summed E-state index contributed by atoms with van der Waals surface area (Å²) in [6.07, 6.45) is 1.38. The highest BCUT2D eigenvalue weighted by molar-refractivity contribution is 7.89. The van der Waals surface area contributed by atoms with Gasteiger partial charge in [-0.25, -0.2) is 13.1 Å². The molecule has 0 fully saturated rings. The molecule has 0 aliphatic heterocycles. The van der Waals surface area contributed by atoms with Crippen LogP contribution in [0.3, 0.4) is 0 Å². The van der Waals surface area contributed by atoms with Crippen molar-refractivity contribution < 1.29 is 8.42 Å². The average molecular weight is 276 g/mol. The third kappa shape index (κ3) is 4.30. The fourth-order valence-corrected chi connectivity index (χ4v) is 3.10. The molecule has 0 saturated carbocycles. The van der Waals surface area contributed by atoms with E-state index in [1.807, 2.05) is 13.8 Å². The van der Waals surface area contributed by atoms with Gasteiger partial charge in [0.15, 0.2) is 0 Å². The zero-order valence-electron chi connectivity index (χ0n) is 10.1. The molecular weight excluding hydrogens is 258 g/mol. The van der Waals surface area contributed by atoms with Crippen molar-refractivity contribution in [1.82, 2.24) is 4.72 Å². The van der Waals surface area contributed by atoms with Gasteiger partial charge in [0.1, 0.15) is 0 Å². The Hall–Kier alpha value is -0.580. The van der Waals surface area contributed by atoms with Crippen LogP contribution in [0.15, 0.2) is 29.2 Å². The Labute approximate surface area is 108 Å². The molecular formula is C12H18ClNO2S. The number of sulfonamides is 1. The van der Waals surface area contributed by atoms with Gasteiger partial charge in [0.05, 0.1) is 4.90 Å². The molecule has 17 heavy (non-hydrogen) atoms. The van der Waals surface area contributed by atoms with Crippen molar-refractivity contribution in [3.05, 3.63) is 29.8 Å². The summed E-state index contributed by atoms with van der Waals surface area (Å²) in [5.74, 6) is 0.453. The van der Waals surface area contributed by atoms with E-state index in [0.29, 0.717) is 17.2 Å². The lowest BCUT2D eigenvalue weighted by molar-refractivity contribution is 0.531. The molecule has 1 aromatic rings. The first-order chi connectivity index (χ1) is 7.99. The van der Waals surface area contributed by atoms with E-state index in [-0.39, 0.29) is 6.04 Å². The van der Waals surface area contributed by atoms with Crippen LogP contribution in [0.2, 0.25) is 0 Å². The van der Waals surface area contributed by atoms with Gasteiger partial charge < -0.3 is 0 Å². The Bertz CT molecular complexity index is 442. The Balaban J connectivity index is 2.84. The number of benzene rings is 1. The van der Waals surface area contributed by atoms with Crippen molar-refractivity contribution in [3.8, 4) is 0 Å². The molecule has 0 spiro atoms. The Morgan fingerprint density at radius 1 is 1.29 bits per heavy atom. The van der Waals surface area contributed by atoms with E-state index in [1.54, 1.807) is 24.3 Å². The molecule has 0 aromatic heterocycles. The molecule has 0 aliphatic rings. The number of aryl methyl sites for hydroxylation is 1. The molecule has 3 nitrogen and oxygen atoms in total. The van der Waals surface area contributed by atoms with Crippen LogP contribution in [0.5, 0.6) is 0 Å². The molecule has 0 heterocycles. The average Bonchev–Trinajstić information content (AvgIpc) is 2.28. The molecule has 1 rings (SSSR count). The number of hydrogen-bond donors (Lipinski definition) is 1. The lowest BCUT2D eigenvalue weighted by Gasteiger charge is -2.15. The van der Waals surface area contributed by atoms with E-state index in [9.17, 15) is 8.42 Å². The van der Waals surface area contributed by atoms with Crippen LogP contribution >= 0.6 is 11.6 Å². The molecule has 0 amide bonds. The molecule has 1 unspecified atom stereocenters. The minimum Gasteiger partial charge on any atom is -0.208 e. The van der Waals surface area contributed by atoms with E-state index in [1.165, 1.54) is 0 Å². The maximum atomic E-state index is 12.0. The Morgan fingerprint density at radius 3 is 2.35 bits per heavy atom. The van der Waals surface area contributed by atoms with Gasteiger partial charge in [-0.3, -0.25) is 0 Å². The van der Waals surface area contributed by atoms with Crippen molar-refractivity contribution in [2.24, 2.45) is 0 Å². The maximum absolute atomic E-state index is 12.0. The standard InChI is InChI=1S/C12H18ClNO2S/c1-3-11(8-9-13)14-17(15,16)12-6-4-10(2)5-7-12/h4-7,11,14H,3,8-9H2,1-2H3. The van der Waals surface area contributed by atoms with Crippen molar-refractivity contribution in [1.29, 1.82) is 0 Å². The second-order valence-electron chi connectivity index (χ2n) is 4.02. The van der Waals surface area contributed by atoms with E-state index in [0.717, 1.165) is 12.0 Å². The van der Waals surface area contributed by atoms with Crippen LogP contribution in [0.25, 0.3) is 0 Å². The SMILES string of the molecule is CCC(CCCl)NS(=O)(=O)c1ccc(C)cc1. The second kappa shape index (κ2) is 6.38. The summed E-state index contributed by atoms with van der Waals surface area (Å²) in [5, 5.41) is 0. The summed E-state index contributed by atoms with van der Waals surface area (Å²) < 4.78 is 26.7. The molecule has 5 heteroatoms. The first kappa shape index (κ1) is 14.5. The first-order valence-electron chi connectivity index (χ1n) is 5.64. The zero-order valence-corrected chi connectivity index (χ0v) is 11.7. The summed E-state index contributed by atoms with van der Waals surface area (Å²) in [4.78, 5) is 0.302. The predicted octanol–water partition coefficient (Wildman–Crippen LogP) is 2.68. The topological polar surface area (TPSA) is 46.2 Å². The highest BCUT2D eigenvalue weighted by Crippen LogP contribution is 2.12. The fourth-order valence-electron chi connectivity index (χ4n) is 1.48. The van der Waals surface area contributed by atoms with Crippen LogP contribution in [0, 0.1) is 6.92 Å². The summed E-state index contributed by atoms with van der Waals surface area (Å²) in [6, 6.07) is 6.71. The normalized spacial score (nSPS) is 13.6. The summed E-state index contributed by atoms with van der Waals surface area (Å²) in [6.45, 7) is 3.86. The van der Waals surface area contributed by atoms with Gasteiger partial charge >= 0.3 is 0 Å². The minimum absolute atomic E-state index is 0.0983. The lowest BCUT2D eigenvalue weighted by atomic mass is 10.2. The van der Waals surface area contributed by atoms with Crippen LogP contribution in [0.4, 0.5) is 0 Å². The van der Waals surface area contributed by atoms with Crippen LogP contribution in [-0.2, 0) is 10.0 Å². The summed E-state index contributed by atoms with van der Waals surface area (Å²) in [7, 11) is -3.42. The third-order valence-electron chi connectivity index (χ3n) is 2.60. The van der Waals surface area contributed by atoms with Crippen LogP contribution in [-0.4, -0.2) is 20.3 Å². The first-order valence-corrected chi connectivity index (χ1v) is 7.66. The highest BCUT2D eigenvalue weighted by Gasteiger charge is 2.18. The monoisotopic (exact) mass is 275 g/mol. The van der Waals surface area contributed by atoms with Crippen molar-refractivity contribution in [3.63, 3.8) is 0 Å². The molecule has 0 aliphatic carbocycles. The lowest BCUT2D eigenvalue weighted by Crippen LogP contribution is -2.34.